The predicted octanol–water partition coefficient (Wildman–Crippen LogP) is 1.63. The molecule has 2 N–H and O–H groups in total. The first-order valence-electron chi connectivity index (χ1n) is 8.42. The molecular weight excluding hydrogens is 366 g/mol. The van der Waals surface area contributed by atoms with E-state index in [0.717, 1.165) is 0 Å². The fourth-order valence-electron chi connectivity index (χ4n) is 2.74. The van der Waals surface area contributed by atoms with Crippen LogP contribution >= 0.6 is 0 Å². The maximum absolute atomic E-state index is 12.3. The van der Waals surface area contributed by atoms with Crippen molar-refractivity contribution in [2.75, 3.05) is 13.2 Å². The van der Waals surface area contributed by atoms with Gasteiger partial charge in [0.15, 0.2) is 0 Å². The van der Waals surface area contributed by atoms with Crippen LogP contribution in [0.2, 0.25) is 0 Å². The van der Waals surface area contributed by atoms with Gasteiger partial charge in [0.25, 0.3) is 5.91 Å². The van der Waals surface area contributed by atoms with Crippen LogP contribution in [-0.2, 0) is 14.3 Å². The highest BCUT2D eigenvalue weighted by Gasteiger charge is 2.35. The maximum Gasteiger partial charge on any atom is 0.338 e. The van der Waals surface area contributed by atoms with E-state index in [4.69, 9.17) is 9.84 Å². The van der Waals surface area contributed by atoms with Gasteiger partial charge in [-0.2, -0.15) is 0 Å². The summed E-state index contributed by atoms with van der Waals surface area (Å²) in [6.07, 6.45) is 3.17. The zero-order valence-electron chi connectivity index (χ0n) is 14.9. The Morgan fingerprint density at radius 3 is 2.71 bits per heavy atom. The molecule has 1 fully saturated rings. The van der Waals surface area contributed by atoms with Crippen LogP contribution in [0.3, 0.4) is 0 Å². The van der Waals surface area contributed by atoms with Crippen molar-refractivity contribution in [1.82, 2.24) is 14.8 Å². The Labute approximate surface area is 159 Å². The van der Waals surface area contributed by atoms with E-state index in [1.165, 1.54) is 6.08 Å². The standard InChI is InChI=1S/C19H17N3O6/c1-2-28-18(26)12-5-3-6-13(9-12)21-8-4-7-14(21)10-15-17(25)22(11-16(23)24)19(27)20-15/h3-10H,2,11H2,1H3,(H,20,27)(H,23,24). The topological polar surface area (TPSA) is 118 Å². The summed E-state index contributed by atoms with van der Waals surface area (Å²) < 4.78 is 6.72. The van der Waals surface area contributed by atoms with Gasteiger partial charge in [-0.1, -0.05) is 6.07 Å². The van der Waals surface area contributed by atoms with E-state index in [1.807, 2.05) is 0 Å². The van der Waals surface area contributed by atoms with Crippen LogP contribution in [0, 0.1) is 0 Å². The van der Waals surface area contributed by atoms with Crippen LogP contribution in [0.15, 0.2) is 48.3 Å². The minimum absolute atomic E-state index is 0.0345. The fraction of sp³-hybridized carbons (Fsp3) is 0.158. The van der Waals surface area contributed by atoms with Gasteiger partial charge in [-0.15, -0.1) is 0 Å². The van der Waals surface area contributed by atoms with E-state index >= 15 is 0 Å². The van der Waals surface area contributed by atoms with Gasteiger partial charge in [0, 0.05) is 17.6 Å². The summed E-state index contributed by atoms with van der Waals surface area (Å²) in [5.41, 5.74) is 1.56. The molecule has 0 unspecified atom stereocenters. The fourth-order valence-corrected chi connectivity index (χ4v) is 2.74. The Hall–Kier alpha value is -3.88. The molecule has 0 spiro atoms. The highest BCUT2D eigenvalue weighted by molar-refractivity contribution is 6.15. The molecule has 9 nitrogen and oxygen atoms in total. The number of aromatic nitrogens is 1. The Bertz CT molecular complexity index is 991. The molecule has 3 rings (SSSR count). The minimum Gasteiger partial charge on any atom is -0.480 e. The number of benzene rings is 1. The lowest BCUT2D eigenvalue weighted by Crippen LogP contribution is -2.35. The SMILES string of the molecule is CCOC(=O)c1cccc(-n2cccc2C=C2NC(=O)N(CC(=O)O)C2=O)c1. The third-order valence-corrected chi connectivity index (χ3v) is 3.96. The summed E-state index contributed by atoms with van der Waals surface area (Å²) in [5, 5.41) is 11.2. The van der Waals surface area contributed by atoms with Crippen molar-refractivity contribution in [2.45, 2.75) is 6.92 Å². The van der Waals surface area contributed by atoms with E-state index in [1.54, 1.807) is 54.1 Å². The lowest BCUT2D eigenvalue weighted by molar-refractivity contribution is -0.140. The molecule has 3 amide bonds. The normalized spacial score (nSPS) is 15.0. The largest absolute Gasteiger partial charge is 0.480 e. The minimum atomic E-state index is -1.29. The molecule has 1 aromatic heterocycles. The molecule has 1 aliphatic rings. The van der Waals surface area contributed by atoms with E-state index in [0.29, 0.717) is 21.8 Å². The summed E-state index contributed by atoms with van der Waals surface area (Å²) in [6.45, 7) is 1.27. The number of aliphatic carboxylic acids is 1. The molecule has 1 saturated heterocycles. The zero-order valence-corrected chi connectivity index (χ0v) is 14.9. The van der Waals surface area contributed by atoms with Crippen molar-refractivity contribution in [2.24, 2.45) is 0 Å². The molecule has 2 aromatic rings. The molecule has 1 aromatic carbocycles. The molecule has 0 saturated carbocycles. The summed E-state index contributed by atoms with van der Waals surface area (Å²) >= 11 is 0. The number of carboxylic acid groups (broad SMARTS) is 1. The number of ether oxygens (including phenoxy) is 1. The van der Waals surface area contributed by atoms with Crippen LogP contribution in [-0.4, -0.2) is 51.6 Å². The van der Waals surface area contributed by atoms with Crippen LogP contribution < -0.4 is 5.32 Å². The number of rotatable bonds is 6. The number of imide groups is 1. The second-order valence-electron chi connectivity index (χ2n) is 5.85. The van der Waals surface area contributed by atoms with E-state index in [9.17, 15) is 19.2 Å². The Balaban J connectivity index is 1.91. The number of carboxylic acids is 1. The Morgan fingerprint density at radius 1 is 1.21 bits per heavy atom. The number of nitrogens with one attached hydrogen (secondary N) is 1. The Morgan fingerprint density at radius 2 is 2.00 bits per heavy atom. The first kappa shape index (κ1) is 18.9. The van der Waals surface area contributed by atoms with E-state index < -0.39 is 30.4 Å². The molecule has 0 aliphatic carbocycles. The average Bonchev–Trinajstić information content (AvgIpc) is 3.22. The third kappa shape index (κ3) is 3.78. The monoisotopic (exact) mass is 383 g/mol. The van der Waals surface area contributed by atoms with Gasteiger partial charge in [0.1, 0.15) is 12.2 Å². The smallest absolute Gasteiger partial charge is 0.338 e. The van der Waals surface area contributed by atoms with Gasteiger partial charge in [-0.05, 0) is 43.3 Å². The molecule has 9 heteroatoms. The van der Waals surface area contributed by atoms with Gasteiger partial charge in [-0.3, -0.25) is 9.59 Å². The van der Waals surface area contributed by atoms with Crippen LogP contribution in [0.1, 0.15) is 23.0 Å². The lowest BCUT2D eigenvalue weighted by Gasteiger charge is -2.09. The summed E-state index contributed by atoms with van der Waals surface area (Å²) in [5.74, 6) is -2.46. The molecule has 2 heterocycles. The first-order chi connectivity index (χ1) is 13.4. The second-order valence-corrected chi connectivity index (χ2v) is 5.85. The number of hydrogen-bond donors (Lipinski definition) is 2. The highest BCUT2D eigenvalue weighted by Crippen LogP contribution is 2.19. The zero-order chi connectivity index (χ0) is 20.3. The van der Waals surface area contributed by atoms with Crippen molar-refractivity contribution in [3.05, 3.63) is 59.5 Å². The lowest BCUT2D eigenvalue weighted by atomic mass is 10.2. The molecule has 0 atom stereocenters. The van der Waals surface area contributed by atoms with Gasteiger partial charge >= 0.3 is 18.0 Å². The van der Waals surface area contributed by atoms with Gasteiger partial charge in [-0.25, -0.2) is 14.5 Å². The number of hydrogen-bond acceptors (Lipinski definition) is 5. The highest BCUT2D eigenvalue weighted by atomic mass is 16.5. The van der Waals surface area contributed by atoms with Crippen molar-refractivity contribution < 1.29 is 29.0 Å². The van der Waals surface area contributed by atoms with Crippen LogP contribution in [0.4, 0.5) is 4.79 Å². The van der Waals surface area contributed by atoms with Crippen molar-refractivity contribution in [3.8, 4) is 5.69 Å². The van der Waals surface area contributed by atoms with Crippen molar-refractivity contribution >= 4 is 30.0 Å². The average molecular weight is 383 g/mol. The van der Waals surface area contributed by atoms with Gasteiger partial charge < -0.3 is 19.7 Å². The molecule has 1 aliphatic heterocycles. The number of amides is 3. The summed E-state index contributed by atoms with van der Waals surface area (Å²) in [4.78, 5) is 47.5. The molecular formula is C19H17N3O6. The van der Waals surface area contributed by atoms with Crippen LogP contribution in [0.5, 0.6) is 0 Å². The molecule has 144 valence electrons. The number of esters is 1. The van der Waals surface area contributed by atoms with Crippen molar-refractivity contribution in [1.29, 1.82) is 0 Å². The second kappa shape index (κ2) is 7.78. The van der Waals surface area contributed by atoms with Crippen molar-refractivity contribution in [3.63, 3.8) is 0 Å². The number of urea groups is 1. The molecule has 0 radical (unpaired) electrons. The van der Waals surface area contributed by atoms with E-state index in [2.05, 4.69) is 5.32 Å². The van der Waals surface area contributed by atoms with Gasteiger partial charge in [0.05, 0.1) is 12.2 Å². The van der Waals surface area contributed by atoms with E-state index in [-0.39, 0.29) is 12.3 Å². The first-order valence-corrected chi connectivity index (χ1v) is 8.42. The number of carbonyl (C=O) groups is 4. The summed E-state index contributed by atoms with van der Waals surface area (Å²) in [7, 11) is 0. The predicted molar refractivity (Wildman–Crippen MR) is 97.6 cm³/mol. The summed E-state index contributed by atoms with van der Waals surface area (Å²) in [6, 6.07) is 9.41. The number of nitrogens with zero attached hydrogens (tertiary/aromatic N) is 2. The number of carbonyl (C=O) groups excluding carboxylic acids is 3. The maximum atomic E-state index is 12.3. The molecule has 28 heavy (non-hydrogen) atoms. The Kier molecular flexibility index (Phi) is 5.25. The van der Waals surface area contributed by atoms with Gasteiger partial charge in [0.2, 0.25) is 0 Å². The van der Waals surface area contributed by atoms with Crippen LogP contribution in [0.25, 0.3) is 11.8 Å². The quantitative estimate of drug-likeness (QED) is 0.445. The molecule has 0 bridgehead atoms. The third-order valence-electron chi connectivity index (χ3n) is 3.96.